The molecule has 2 nitrogen and oxygen atoms in total. The molecule has 0 amide bonds. The van der Waals surface area contributed by atoms with E-state index >= 15 is 0 Å². The number of hydrogen-bond acceptors (Lipinski definition) is 2. The number of nitrogens with zero attached hydrogens (tertiary/aromatic N) is 2. The molecule has 7 aromatic rings. The first-order valence-electron chi connectivity index (χ1n) is 21.4. The van der Waals surface area contributed by atoms with Crippen LogP contribution < -0.4 is 9.80 Å². The van der Waals surface area contributed by atoms with Crippen molar-refractivity contribution in [3.63, 3.8) is 0 Å². The minimum Gasteiger partial charge on any atom is -0.310 e. The minimum atomic E-state index is -4.62. The van der Waals surface area contributed by atoms with Gasteiger partial charge in [0.05, 0.1) is 22.3 Å². The predicted molar refractivity (Wildman–Crippen MR) is 240 cm³/mol. The summed E-state index contributed by atoms with van der Waals surface area (Å²) >= 11 is 0. The summed E-state index contributed by atoms with van der Waals surface area (Å²) in [5.41, 5.74) is 6.27. The summed E-state index contributed by atoms with van der Waals surface area (Å²) in [5.74, 6) is 0. The van der Waals surface area contributed by atoms with Crippen molar-refractivity contribution in [2.75, 3.05) is 9.80 Å². The van der Waals surface area contributed by atoms with Crippen molar-refractivity contribution in [3.8, 4) is 22.3 Å². The van der Waals surface area contributed by atoms with Crippen LogP contribution in [0.3, 0.4) is 0 Å². The van der Waals surface area contributed by atoms with Gasteiger partial charge in [-0.25, -0.2) is 0 Å². The van der Waals surface area contributed by atoms with E-state index in [0.29, 0.717) is 11.4 Å². The number of aryl methyl sites for hydroxylation is 2. The Hall–Kier alpha value is -6.70. The second-order valence-corrected chi connectivity index (χ2v) is 18.4. The third-order valence-corrected chi connectivity index (χ3v) is 13.3. The van der Waals surface area contributed by atoms with Crippen molar-refractivity contribution in [2.45, 2.75) is 77.1 Å². The van der Waals surface area contributed by atoms with Crippen molar-refractivity contribution in [1.29, 1.82) is 0 Å². The maximum atomic E-state index is 13.7. The van der Waals surface area contributed by atoms with Crippen LogP contribution in [-0.4, -0.2) is 0 Å². The number of rotatable bonds is 6. The SMILES string of the molecule is Cc1cc(N(c2ccc(C(F)(F)F)cc2)c2ccc(C(F)(F)F)cc2)cc2c1-c1ccc3c(c1C2(C)C)C(C)(C)c1cc(N(c2ccc(C(F)(F)F)cc2)c2ccc(C(F)(F)F)cc2)cc(C)c1-3. The third kappa shape index (κ3) is 7.65. The fraction of sp³-hybridized carbons (Fsp3) is 0.222. The van der Waals surface area contributed by atoms with Crippen molar-refractivity contribution in [2.24, 2.45) is 0 Å². The molecule has 0 bridgehead atoms. The lowest BCUT2D eigenvalue weighted by Crippen LogP contribution is -2.24. The molecule has 2 aliphatic rings. The van der Waals surface area contributed by atoms with Crippen LogP contribution in [0.1, 0.15) is 83.3 Å². The summed E-state index contributed by atoms with van der Waals surface area (Å²) < 4.78 is 164. The lowest BCUT2D eigenvalue weighted by molar-refractivity contribution is -0.138. The fourth-order valence-corrected chi connectivity index (χ4v) is 10.2. The third-order valence-electron chi connectivity index (χ3n) is 13.3. The maximum absolute atomic E-state index is 13.7. The number of anilines is 6. The van der Waals surface area contributed by atoms with Gasteiger partial charge in [0.2, 0.25) is 0 Å². The van der Waals surface area contributed by atoms with Crippen LogP contribution in [0.5, 0.6) is 0 Å². The molecule has 0 N–H and O–H groups in total. The Morgan fingerprint density at radius 1 is 0.324 bits per heavy atom. The molecule has 14 heteroatoms. The topological polar surface area (TPSA) is 6.48 Å². The van der Waals surface area contributed by atoms with E-state index in [0.717, 1.165) is 104 Å². The molecule has 350 valence electrons. The van der Waals surface area contributed by atoms with Gasteiger partial charge in [0.25, 0.3) is 0 Å². The Morgan fingerprint density at radius 3 is 0.779 bits per heavy atom. The summed E-state index contributed by atoms with van der Waals surface area (Å²) in [6, 6.07) is 29.3. The zero-order valence-corrected chi connectivity index (χ0v) is 37.1. The van der Waals surface area contributed by atoms with Gasteiger partial charge in [-0.2, -0.15) is 52.7 Å². The van der Waals surface area contributed by atoms with E-state index in [-0.39, 0.29) is 22.7 Å². The van der Waals surface area contributed by atoms with Crippen LogP contribution in [0.4, 0.5) is 86.8 Å². The molecule has 0 atom stereocenters. The Bertz CT molecular complexity index is 2770. The smallest absolute Gasteiger partial charge is 0.310 e. The van der Waals surface area contributed by atoms with Gasteiger partial charge in [-0.05, 0) is 191 Å². The predicted octanol–water partition coefficient (Wildman–Crippen LogP) is 17.9. The van der Waals surface area contributed by atoms with E-state index in [1.54, 1.807) is 9.80 Å². The molecule has 7 aromatic carbocycles. The molecule has 0 heterocycles. The van der Waals surface area contributed by atoms with Gasteiger partial charge in [0, 0.05) is 45.0 Å². The number of benzene rings is 7. The fourth-order valence-electron chi connectivity index (χ4n) is 10.2. The van der Waals surface area contributed by atoms with Crippen LogP contribution in [0.15, 0.2) is 133 Å². The van der Waals surface area contributed by atoms with Crippen LogP contribution in [0.2, 0.25) is 0 Å². The lowest BCUT2D eigenvalue weighted by Gasteiger charge is -2.32. The largest absolute Gasteiger partial charge is 0.416 e. The van der Waals surface area contributed by atoms with E-state index in [1.165, 1.54) is 48.5 Å². The second-order valence-electron chi connectivity index (χ2n) is 18.4. The molecule has 68 heavy (non-hydrogen) atoms. The monoisotopic (exact) mass is 944 g/mol. The summed E-state index contributed by atoms with van der Waals surface area (Å²) in [6.45, 7) is 12.1. The van der Waals surface area contributed by atoms with Gasteiger partial charge in [-0.3, -0.25) is 0 Å². The average molecular weight is 945 g/mol. The van der Waals surface area contributed by atoms with Crippen molar-refractivity contribution in [3.05, 3.63) is 189 Å². The number of hydrogen-bond donors (Lipinski definition) is 0. The molecular weight excluding hydrogens is 905 g/mol. The zero-order chi connectivity index (χ0) is 49.3. The number of alkyl halides is 12. The number of fused-ring (bicyclic) bond motifs is 7. The minimum absolute atomic E-state index is 0.288. The molecule has 0 aliphatic heterocycles. The Balaban J connectivity index is 1.17. The second kappa shape index (κ2) is 15.4. The van der Waals surface area contributed by atoms with Crippen molar-refractivity contribution in [1.82, 2.24) is 0 Å². The first-order valence-corrected chi connectivity index (χ1v) is 21.4. The highest BCUT2D eigenvalue weighted by atomic mass is 19.4. The van der Waals surface area contributed by atoms with Gasteiger partial charge in [-0.1, -0.05) is 39.8 Å². The summed E-state index contributed by atoms with van der Waals surface area (Å²) in [7, 11) is 0. The van der Waals surface area contributed by atoms with E-state index in [2.05, 4.69) is 27.7 Å². The zero-order valence-electron chi connectivity index (χ0n) is 37.1. The lowest BCUT2D eigenvalue weighted by atomic mass is 9.72. The number of halogens is 12. The normalized spacial score (nSPS) is 14.9. The van der Waals surface area contributed by atoms with E-state index in [1.807, 2.05) is 50.2 Å². The Morgan fingerprint density at radius 2 is 0.559 bits per heavy atom. The van der Waals surface area contributed by atoms with Crippen LogP contribution in [-0.2, 0) is 35.5 Å². The van der Waals surface area contributed by atoms with Crippen molar-refractivity contribution < 1.29 is 52.7 Å². The quantitative estimate of drug-likeness (QED) is 0.153. The van der Waals surface area contributed by atoms with Crippen LogP contribution in [0, 0.1) is 13.8 Å². The standard InChI is InChI=1S/C54H40F12N2/c1-29-25-39(67(35-15-7-31(8-16-35)51(55,56)57)36-17-9-32(10-18-36)52(58,59)60)27-43-45(29)41-23-24-42-46-30(2)26-40(28-44(46)50(5,6)48(42)47(41)49(43,3)4)68(37-19-11-33(12-20-37)53(61,62)63)38-21-13-34(14-22-38)54(64,65)66/h7-28H,1-6H3. The van der Waals surface area contributed by atoms with E-state index in [9.17, 15) is 52.7 Å². The highest BCUT2D eigenvalue weighted by molar-refractivity contribution is 5.95. The van der Waals surface area contributed by atoms with Gasteiger partial charge in [0.15, 0.2) is 0 Å². The molecule has 0 saturated heterocycles. The molecule has 0 spiro atoms. The first-order chi connectivity index (χ1) is 31.6. The molecular formula is C54H40F12N2. The molecule has 2 aliphatic carbocycles. The highest BCUT2D eigenvalue weighted by Gasteiger charge is 2.47. The highest BCUT2D eigenvalue weighted by Crippen LogP contribution is 2.61. The average Bonchev–Trinajstić information content (AvgIpc) is 3.63. The molecule has 0 saturated carbocycles. The molecule has 0 radical (unpaired) electrons. The molecule has 9 rings (SSSR count). The van der Waals surface area contributed by atoms with Gasteiger partial charge >= 0.3 is 24.7 Å². The van der Waals surface area contributed by atoms with Crippen LogP contribution in [0.25, 0.3) is 22.3 Å². The summed E-state index contributed by atoms with van der Waals surface area (Å²) in [4.78, 5) is 3.25. The Kier molecular flexibility index (Phi) is 10.5. The van der Waals surface area contributed by atoms with Gasteiger partial charge in [0.1, 0.15) is 0 Å². The van der Waals surface area contributed by atoms with Gasteiger partial charge in [-0.15, -0.1) is 0 Å². The van der Waals surface area contributed by atoms with Crippen molar-refractivity contribution >= 4 is 34.1 Å². The van der Waals surface area contributed by atoms with E-state index in [4.69, 9.17) is 0 Å². The maximum Gasteiger partial charge on any atom is 0.416 e. The van der Waals surface area contributed by atoms with Gasteiger partial charge < -0.3 is 9.80 Å². The molecule has 0 aromatic heterocycles. The Labute approximate surface area is 384 Å². The first kappa shape index (κ1) is 46.4. The van der Waals surface area contributed by atoms with E-state index < -0.39 is 57.8 Å². The van der Waals surface area contributed by atoms with Crippen LogP contribution >= 0.6 is 0 Å². The summed E-state index contributed by atoms with van der Waals surface area (Å²) in [5, 5.41) is 0. The molecule has 0 fully saturated rings. The summed E-state index contributed by atoms with van der Waals surface area (Å²) in [6.07, 6.45) is -18.5. The molecule has 0 unspecified atom stereocenters.